The average Bonchev–Trinajstić information content (AvgIpc) is 2.72. The number of rotatable bonds is 4. The van der Waals surface area contributed by atoms with E-state index in [1.807, 2.05) is 60.7 Å². The Balaban J connectivity index is 1.61. The highest BCUT2D eigenvalue weighted by atomic mass is 32.2. The number of benzene rings is 2. The lowest BCUT2D eigenvalue weighted by Crippen LogP contribution is -2.68. The number of carbonyl (C=O) groups excluding carboxylic acids is 2. The number of carbonyl (C=O) groups is 2. The minimum atomic E-state index is -0.546. The van der Waals surface area contributed by atoms with E-state index in [0.717, 1.165) is 11.1 Å². The Morgan fingerprint density at radius 2 is 1.65 bits per heavy atom. The Bertz CT molecular complexity index is 814. The molecular formula is C20H18N2O3S. The summed E-state index contributed by atoms with van der Waals surface area (Å²) >= 11 is 1.55. The van der Waals surface area contributed by atoms with Crippen LogP contribution in [0.1, 0.15) is 17.2 Å². The molecule has 5 nitrogen and oxygen atoms in total. The highest BCUT2D eigenvalue weighted by molar-refractivity contribution is 8.00. The molecule has 0 radical (unpaired) electrons. The Morgan fingerprint density at radius 1 is 1.08 bits per heavy atom. The molecule has 2 aliphatic rings. The van der Waals surface area contributed by atoms with E-state index in [9.17, 15) is 9.59 Å². The molecule has 0 bridgehead atoms. The van der Waals surface area contributed by atoms with Crippen LogP contribution in [0.2, 0.25) is 0 Å². The summed E-state index contributed by atoms with van der Waals surface area (Å²) < 4.78 is 5.85. The first-order valence-corrected chi connectivity index (χ1v) is 9.43. The molecule has 1 amide bonds. The van der Waals surface area contributed by atoms with Gasteiger partial charge in [0.25, 0.3) is 0 Å². The summed E-state index contributed by atoms with van der Waals surface area (Å²) in [6.45, 7) is 0. The standard InChI is InChI=1S/C20H18N2O3S/c21-16-18(23)22-15(11-12-26-19(16)22)20(24)25-17(13-7-3-1-4-8-13)14-9-5-2-6-10-14/h1-11,16-17,19H,12,21H2/t16-,19?/m0/s1. The first-order chi connectivity index (χ1) is 12.7. The van der Waals surface area contributed by atoms with E-state index >= 15 is 0 Å². The summed E-state index contributed by atoms with van der Waals surface area (Å²) in [5.74, 6) is -0.108. The van der Waals surface area contributed by atoms with Gasteiger partial charge in [0, 0.05) is 5.75 Å². The van der Waals surface area contributed by atoms with E-state index in [4.69, 9.17) is 10.5 Å². The van der Waals surface area contributed by atoms with Crippen molar-refractivity contribution in [3.8, 4) is 0 Å². The van der Waals surface area contributed by atoms with E-state index in [2.05, 4.69) is 0 Å². The summed E-state index contributed by atoms with van der Waals surface area (Å²) in [6.07, 6.45) is 1.20. The van der Waals surface area contributed by atoms with Gasteiger partial charge in [-0.2, -0.15) is 0 Å². The molecule has 2 N–H and O–H groups in total. The summed E-state index contributed by atoms with van der Waals surface area (Å²) in [6, 6.07) is 18.6. The number of hydrogen-bond donors (Lipinski definition) is 1. The summed E-state index contributed by atoms with van der Waals surface area (Å²) in [5.41, 5.74) is 7.87. The molecule has 2 aliphatic heterocycles. The first kappa shape index (κ1) is 16.9. The van der Waals surface area contributed by atoms with Crippen molar-refractivity contribution in [1.29, 1.82) is 0 Å². The van der Waals surface area contributed by atoms with Crippen LogP contribution in [-0.4, -0.2) is 33.9 Å². The predicted octanol–water partition coefficient (Wildman–Crippen LogP) is 2.45. The van der Waals surface area contributed by atoms with Gasteiger partial charge in [-0.15, -0.1) is 11.8 Å². The molecule has 6 heteroatoms. The second-order valence-corrected chi connectivity index (χ2v) is 7.30. The number of thioether (sulfide) groups is 1. The fraction of sp³-hybridized carbons (Fsp3) is 0.200. The van der Waals surface area contributed by atoms with Crippen LogP contribution in [-0.2, 0) is 14.3 Å². The molecule has 2 aromatic rings. The normalized spacial score (nSPS) is 21.7. The number of β-lactam (4-membered cyclic amide) rings is 1. The summed E-state index contributed by atoms with van der Waals surface area (Å²) in [4.78, 5) is 26.4. The van der Waals surface area contributed by atoms with Crippen LogP contribution in [0.25, 0.3) is 0 Å². The van der Waals surface area contributed by atoms with Gasteiger partial charge in [-0.25, -0.2) is 4.79 Å². The molecule has 4 rings (SSSR count). The predicted molar refractivity (Wildman–Crippen MR) is 100.0 cm³/mol. The van der Waals surface area contributed by atoms with Crippen molar-refractivity contribution < 1.29 is 14.3 Å². The van der Waals surface area contributed by atoms with Gasteiger partial charge in [0.1, 0.15) is 17.1 Å². The number of ether oxygens (including phenoxy) is 1. The lowest BCUT2D eigenvalue weighted by molar-refractivity contribution is -0.152. The van der Waals surface area contributed by atoms with Crippen molar-refractivity contribution in [2.75, 3.05) is 5.75 Å². The fourth-order valence-electron chi connectivity index (χ4n) is 3.18. The molecule has 0 spiro atoms. The van der Waals surface area contributed by atoms with Gasteiger partial charge in [0.2, 0.25) is 5.91 Å². The van der Waals surface area contributed by atoms with Crippen LogP contribution in [0.5, 0.6) is 0 Å². The zero-order valence-corrected chi connectivity index (χ0v) is 14.8. The van der Waals surface area contributed by atoms with Gasteiger partial charge in [0.15, 0.2) is 6.10 Å². The molecule has 26 heavy (non-hydrogen) atoms. The second-order valence-electron chi connectivity index (χ2n) is 6.15. The molecule has 2 heterocycles. The van der Waals surface area contributed by atoms with E-state index in [-0.39, 0.29) is 17.0 Å². The molecule has 2 atom stereocenters. The van der Waals surface area contributed by atoms with Crippen molar-refractivity contribution >= 4 is 23.6 Å². The second kappa shape index (κ2) is 6.97. The third-order valence-corrected chi connectivity index (χ3v) is 5.73. The number of amides is 1. The van der Waals surface area contributed by atoms with Gasteiger partial charge in [-0.05, 0) is 17.2 Å². The quantitative estimate of drug-likeness (QED) is 0.665. The largest absolute Gasteiger partial charge is 0.448 e. The van der Waals surface area contributed by atoms with E-state index in [0.29, 0.717) is 5.75 Å². The van der Waals surface area contributed by atoms with Crippen LogP contribution in [0.3, 0.4) is 0 Å². The maximum absolute atomic E-state index is 12.9. The van der Waals surface area contributed by atoms with Crippen LogP contribution in [0.15, 0.2) is 72.4 Å². The number of nitrogens with zero attached hydrogens (tertiary/aromatic N) is 1. The lowest BCUT2D eigenvalue weighted by atomic mass is 10.0. The number of nitrogens with two attached hydrogens (primary N) is 1. The third-order valence-electron chi connectivity index (χ3n) is 4.53. The van der Waals surface area contributed by atoms with Crippen molar-refractivity contribution in [1.82, 2.24) is 4.90 Å². The van der Waals surface area contributed by atoms with Gasteiger partial charge in [-0.1, -0.05) is 60.7 Å². The topological polar surface area (TPSA) is 72.6 Å². The van der Waals surface area contributed by atoms with Crippen LogP contribution in [0, 0.1) is 0 Å². The monoisotopic (exact) mass is 366 g/mol. The fourth-order valence-corrected chi connectivity index (χ4v) is 4.32. The Morgan fingerprint density at radius 3 is 2.23 bits per heavy atom. The third kappa shape index (κ3) is 2.91. The molecular weight excluding hydrogens is 348 g/mol. The molecule has 2 aromatic carbocycles. The molecule has 0 aliphatic carbocycles. The zero-order valence-electron chi connectivity index (χ0n) is 13.9. The SMILES string of the molecule is N[C@H]1C(=O)N2C(C(=O)OC(c3ccccc3)c3ccccc3)=CCSC12. The van der Waals surface area contributed by atoms with Gasteiger partial charge >= 0.3 is 5.97 Å². The van der Waals surface area contributed by atoms with E-state index in [1.165, 1.54) is 4.90 Å². The van der Waals surface area contributed by atoms with Gasteiger partial charge in [0.05, 0.1) is 0 Å². The molecule has 1 saturated heterocycles. The highest BCUT2D eigenvalue weighted by Crippen LogP contribution is 2.37. The van der Waals surface area contributed by atoms with Crippen LogP contribution in [0.4, 0.5) is 0 Å². The lowest BCUT2D eigenvalue weighted by Gasteiger charge is -2.47. The Labute approximate surface area is 155 Å². The molecule has 132 valence electrons. The highest BCUT2D eigenvalue weighted by Gasteiger charge is 2.50. The van der Waals surface area contributed by atoms with Crippen molar-refractivity contribution in [3.05, 3.63) is 83.6 Å². The Hall–Kier alpha value is -2.57. The first-order valence-electron chi connectivity index (χ1n) is 8.38. The van der Waals surface area contributed by atoms with Gasteiger partial charge in [-0.3, -0.25) is 9.69 Å². The van der Waals surface area contributed by atoms with E-state index in [1.54, 1.807) is 17.8 Å². The summed E-state index contributed by atoms with van der Waals surface area (Å²) in [7, 11) is 0. The molecule has 0 aromatic heterocycles. The number of hydrogen-bond acceptors (Lipinski definition) is 5. The maximum Gasteiger partial charge on any atom is 0.355 e. The van der Waals surface area contributed by atoms with E-state index < -0.39 is 18.1 Å². The zero-order chi connectivity index (χ0) is 18.1. The minimum Gasteiger partial charge on any atom is -0.448 e. The molecule has 0 saturated carbocycles. The smallest absolute Gasteiger partial charge is 0.355 e. The minimum absolute atomic E-state index is 0.179. The molecule has 1 fully saturated rings. The molecule has 1 unspecified atom stereocenters. The van der Waals surface area contributed by atoms with Gasteiger partial charge < -0.3 is 10.5 Å². The summed E-state index contributed by atoms with van der Waals surface area (Å²) in [5, 5.41) is -0.179. The van der Waals surface area contributed by atoms with Crippen LogP contribution < -0.4 is 5.73 Å². The van der Waals surface area contributed by atoms with Crippen molar-refractivity contribution in [2.45, 2.75) is 17.5 Å². The number of esters is 1. The Kier molecular flexibility index (Phi) is 4.53. The van der Waals surface area contributed by atoms with Crippen molar-refractivity contribution in [3.63, 3.8) is 0 Å². The van der Waals surface area contributed by atoms with Crippen molar-refractivity contribution in [2.24, 2.45) is 5.73 Å². The van der Waals surface area contributed by atoms with Crippen LogP contribution >= 0.6 is 11.8 Å². The number of fused-ring (bicyclic) bond motifs is 1. The maximum atomic E-state index is 12.9. The average molecular weight is 366 g/mol.